The number of aryl methyl sites for hydroxylation is 1. The zero-order chi connectivity index (χ0) is 15.4. The molecule has 1 aromatic heterocycles. The predicted molar refractivity (Wildman–Crippen MR) is 80.1 cm³/mol. The molecule has 0 radical (unpaired) electrons. The van der Waals surface area contributed by atoms with Crippen LogP contribution in [0.25, 0.3) is 0 Å². The molecule has 1 aromatic carbocycles. The Bertz CT molecular complexity index is 651. The van der Waals surface area contributed by atoms with Crippen molar-refractivity contribution >= 4 is 23.3 Å². The molecule has 21 heavy (non-hydrogen) atoms. The molecule has 1 N–H and O–H groups in total. The molecular weight excluding hydrogens is 294 g/mol. The number of carbonyl (C=O) groups is 1. The van der Waals surface area contributed by atoms with E-state index < -0.39 is 5.97 Å². The van der Waals surface area contributed by atoms with Crippen LogP contribution in [-0.4, -0.2) is 20.2 Å². The Morgan fingerprint density at radius 1 is 1.33 bits per heavy atom. The number of halogens is 1. The van der Waals surface area contributed by atoms with Gasteiger partial charge in [0.05, 0.1) is 32.0 Å². The number of ether oxygens (including phenoxy) is 2. The Balaban J connectivity index is 2.11. The molecule has 0 unspecified atom stereocenters. The molecule has 0 fully saturated rings. The van der Waals surface area contributed by atoms with E-state index in [2.05, 4.69) is 10.1 Å². The number of rotatable bonds is 5. The molecule has 0 aliphatic rings. The number of hydrogen-bond acceptors (Lipinski definition) is 5. The van der Waals surface area contributed by atoms with Gasteiger partial charge in [0.15, 0.2) is 0 Å². The molecule has 1 heterocycles. The van der Waals surface area contributed by atoms with Gasteiger partial charge in [-0.1, -0.05) is 11.6 Å². The summed E-state index contributed by atoms with van der Waals surface area (Å²) in [6.45, 7) is 2.32. The molecule has 0 saturated carbocycles. The van der Waals surface area contributed by atoms with Crippen molar-refractivity contribution in [3.05, 3.63) is 46.4 Å². The number of esters is 1. The largest absolute Gasteiger partial charge is 0.495 e. The lowest BCUT2D eigenvalue weighted by atomic mass is 10.2. The summed E-state index contributed by atoms with van der Waals surface area (Å²) in [6, 6.07) is 5.28. The quantitative estimate of drug-likeness (QED) is 0.854. The van der Waals surface area contributed by atoms with Gasteiger partial charge in [0.2, 0.25) is 0 Å². The van der Waals surface area contributed by atoms with Gasteiger partial charge in [-0.3, -0.25) is 0 Å². The van der Waals surface area contributed by atoms with Crippen LogP contribution in [-0.2, 0) is 11.3 Å². The highest BCUT2D eigenvalue weighted by Gasteiger charge is 2.11. The molecule has 2 rings (SSSR count). The van der Waals surface area contributed by atoms with E-state index >= 15 is 0 Å². The Kier molecular flexibility index (Phi) is 4.75. The van der Waals surface area contributed by atoms with Gasteiger partial charge in [0, 0.05) is 11.1 Å². The van der Waals surface area contributed by atoms with E-state index in [9.17, 15) is 4.79 Å². The van der Waals surface area contributed by atoms with Crippen LogP contribution < -0.4 is 10.1 Å². The summed E-state index contributed by atoms with van der Waals surface area (Å²) in [5.41, 5.74) is 2.12. The highest BCUT2D eigenvalue weighted by atomic mass is 35.5. The van der Waals surface area contributed by atoms with E-state index in [4.69, 9.17) is 20.8 Å². The SMILES string of the molecule is COC(=O)c1coc(CNc2cc(C)c(Cl)cc2OC)c1. The first-order valence-electron chi connectivity index (χ1n) is 6.29. The maximum absolute atomic E-state index is 11.3. The molecule has 5 nitrogen and oxygen atoms in total. The minimum Gasteiger partial charge on any atom is -0.495 e. The molecule has 0 bridgehead atoms. The highest BCUT2D eigenvalue weighted by Crippen LogP contribution is 2.31. The third-order valence-electron chi connectivity index (χ3n) is 3.01. The molecule has 0 atom stereocenters. The van der Waals surface area contributed by atoms with Gasteiger partial charge in [0.25, 0.3) is 0 Å². The second-order valence-corrected chi connectivity index (χ2v) is 4.86. The monoisotopic (exact) mass is 309 g/mol. The molecule has 6 heteroatoms. The summed E-state index contributed by atoms with van der Waals surface area (Å²) < 4.78 is 15.2. The minimum atomic E-state index is -0.426. The third-order valence-corrected chi connectivity index (χ3v) is 3.42. The van der Waals surface area contributed by atoms with Crippen molar-refractivity contribution in [2.45, 2.75) is 13.5 Å². The number of carbonyl (C=O) groups excluding carboxylic acids is 1. The van der Waals surface area contributed by atoms with E-state index in [1.165, 1.54) is 13.4 Å². The number of nitrogens with one attached hydrogen (secondary N) is 1. The summed E-state index contributed by atoms with van der Waals surface area (Å²) >= 11 is 6.06. The smallest absolute Gasteiger partial charge is 0.341 e. The van der Waals surface area contributed by atoms with Gasteiger partial charge in [0.1, 0.15) is 17.8 Å². The second kappa shape index (κ2) is 6.54. The van der Waals surface area contributed by atoms with Crippen molar-refractivity contribution in [3.63, 3.8) is 0 Å². The molecule has 112 valence electrons. The molecule has 0 amide bonds. The fraction of sp³-hybridized carbons (Fsp3) is 0.267. The summed E-state index contributed by atoms with van der Waals surface area (Å²) in [6.07, 6.45) is 1.37. The Morgan fingerprint density at radius 3 is 2.76 bits per heavy atom. The molecular formula is C15H16ClNO4. The van der Waals surface area contributed by atoms with Crippen molar-refractivity contribution in [1.82, 2.24) is 0 Å². The van der Waals surface area contributed by atoms with Gasteiger partial charge < -0.3 is 19.2 Å². The van der Waals surface area contributed by atoms with Crippen molar-refractivity contribution in [2.75, 3.05) is 19.5 Å². The Labute approximate surface area is 127 Å². The highest BCUT2D eigenvalue weighted by molar-refractivity contribution is 6.31. The fourth-order valence-corrected chi connectivity index (χ4v) is 2.00. The van der Waals surface area contributed by atoms with Crippen LogP contribution in [0.1, 0.15) is 21.7 Å². The van der Waals surface area contributed by atoms with Crippen LogP contribution in [0.4, 0.5) is 5.69 Å². The molecule has 0 saturated heterocycles. The van der Waals surface area contributed by atoms with E-state index in [1.54, 1.807) is 19.2 Å². The molecule has 0 aliphatic heterocycles. The van der Waals surface area contributed by atoms with Crippen molar-refractivity contribution in [1.29, 1.82) is 0 Å². The van der Waals surface area contributed by atoms with Crippen molar-refractivity contribution in [3.8, 4) is 5.75 Å². The molecule has 0 aliphatic carbocycles. The van der Waals surface area contributed by atoms with Gasteiger partial charge in [-0.15, -0.1) is 0 Å². The normalized spacial score (nSPS) is 10.3. The maximum Gasteiger partial charge on any atom is 0.341 e. The lowest BCUT2D eigenvalue weighted by Crippen LogP contribution is -2.02. The molecule has 2 aromatic rings. The van der Waals surface area contributed by atoms with Crippen LogP contribution in [0.3, 0.4) is 0 Å². The van der Waals surface area contributed by atoms with Gasteiger partial charge in [-0.05, 0) is 24.6 Å². The standard InChI is InChI=1S/C15H16ClNO4/c1-9-4-13(14(19-2)6-12(9)16)17-7-11-5-10(8-21-11)15(18)20-3/h4-6,8,17H,7H2,1-3H3. The zero-order valence-corrected chi connectivity index (χ0v) is 12.8. The first-order chi connectivity index (χ1) is 10.0. The average Bonchev–Trinajstić information content (AvgIpc) is 2.96. The van der Waals surface area contributed by atoms with E-state index in [1.807, 2.05) is 13.0 Å². The van der Waals surface area contributed by atoms with E-state index in [0.29, 0.717) is 28.6 Å². The Hall–Kier alpha value is -2.14. The summed E-state index contributed by atoms with van der Waals surface area (Å²) in [5, 5.41) is 3.83. The van der Waals surface area contributed by atoms with Crippen LogP contribution in [0.2, 0.25) is 5.02 Å². The minimum absolute atomic E-state index is 0.383. The number of hydrogen-bond donors (Lipinski definition) is 1. The van der Waals surface area contributed by atoms with E-state index in [0.717, 1.165) is 11.3 Å². The predicted octanol–water partition coefficient (Wildman–Crippen LogP) is 3.65. The lowest BCUT2D eigenvalue weighted by Gasteiger charge is -2.12. The van der Waals surface area contributed by atoms with Crippen LogP contribution in [0.5, 0.6) is 5.75 Å². The topological polar surface area (TPSA) is 60.7 Å². The summed E-state index contributed by atoms with van der Waals surface area (Å²) in [5.74, 6) is 0.834. The van der Waals surface area contributed by atoms with Crippen molar-refractivity contribution < 1.29 is 18.7 Å². The maximum atomic E-state index is 11.3. The van der Waals surface area contributed by atoms with Crippen LogP contribution in [0.15, 0.2) is 28.9 Å². The number of anilines is 1. The number of methoxy groups -OCH3 is 2. The van der Waals surface area contributed by atoms with Crippen LogP contribution in [0, 0.1) is 6.92 Å². The zero-order valence-electron chi connectivity index (χ0n) is 12.0. The number of benzene rings is 1. The van der Waals surface area contributed by atoms with Crippen LogP contribution >= 0.6 is 11.6 Å². The summed E-state index contributed by atoms with van der Waals surface area (Å²) in [7, 11) is 2.91. The lowest BCUT2D eigenvalue weighted by molar-refractivity contribution is 0.0600. The molecule has 0 spiro atoms. The summed E-state index contributed by atoms with van der Waals surface area (Å²) in [4.78, 5) is 11.3. The number of furan rings is 1. The van der Waals surface area contributed by atoms with Crippen molar-refractivity contribution in [2.24, 2.45) is 0 Å². The first-order valence-corrected chi connectivity index (χ1v) is 6.66. The first kappa shape index (κ1) is 15.3. The Morgan fingerprint density at radius 2 is 2.10 bits per heavy atom. The van der Waals surface area contributed by atoms with Gasteiger partial charge in [-0.2, -0.15) is 0 Å². The van der Waals surface area contributed by atoms with Gasteiger partial charge >= 0.3 is 5.97 Å². The van der Waals surface area contributed by atoms with E-state index in [-0.39, 0.29) is 0 Å². The average molecular weight is 310 g/mol. The van der Waals surface area contributed by atoms with Gasteiger partial charge in [-0.25, -0.2) is 4.79 Å². The fourth-order valence-electron chi connectivity index (χ4n) is 1.85. The third kappa shape index (κ3) is 3.49. The second-order valence-electron chi connectivity index (χ2n) is 4.45.